The second-order valence-corrected chi connectivity index (χ2v) is 9.66. The van der Waals surface area contributed by atoms with Crippen molar-refractivity contribution in [2.75, 3.05) is 45.9 Å². The van der Waals surface area contributed by atoms with Crippen molar-refractivity contribution in [1.82, 2.24) is 25.3 Å². The maximum absolute atomic E-state index is 13.8. The van der Waals surface area contributed by atoms with E-state index in [4.69, 9.17) is 14.8 Å². The predicted molar refractivity (Wildman–Crippen MR) is 131 cm³/mol. The summed E-state index contributed by atoms with van der Waals surface area (Å²) in [5.41, 5.74) is 3.15. The highest BCUT2D eigenvalue weighted by atomic mass is 79.9. The highest BCUT2D eigenvalue weighted by molar-refractivity contribution is 9.10. The molecule has 0 radical (unpaired) electrons. The summed E-state index contributed by atoms with van der Waals surface area (Å²) in [4.78, 5) is 33.0. The van der Waals surface area contributed by atoms with Crippen molar-refractivity contribution in [1.29, 1.82) is 0 Å². The van der Waals surface area contributed by atoms with E-state index in [1.165, 1.54) is 23.5 Å². The van der Waals surface area contributed by atoms with Crippen molar-refractivity contribution in [3.8, 4) is 0 Å². The second kappa shape index (κ2) is 11.3. The van der Waals surface area contributed by atoms with E-state index in [-0.39, 0.29) is 13.2 Å². The number of hydrogen-bond donors (Lipinski definition) is 2. The number of esters is 1. The average molecular weight is 567 g/mol. The molecule has 1 aromatic carbocycles. The molecule has 35 heavy (non-hydrogen) atoms. The summed E-state index contributed by atoms with van der Waals surface area (Å²) < 4.78 is 19.7. The van der Waals surface area contributed by atoms with E-state index in [2.05, 4.69) is 36.3 Å². The molecule has 0 saturated carbocycles. The molecule has 3 heterocycles. The van der Waals surface area contributed by atoms with Gasteiger partial charge in [-0.15, -0.1) is 10.2 Å². The van der Waals surface area contributed by atoms with Gasteiger partial charge in [-0.1, -0.05) is 33.3 Å². The Hall–Kier alpha value is -2.74. The number of halogens is 2. The third kappa shape index (κ3) is 6.10. The van der Waals surface area contributed by atoms with Gasteiger partial charge in [-0.2, -0.15) is 0 Å². The monoisotopic (exact) mass is 566 g/mol. The van der Waals surface area contributed by atoms with Crippen molar-refractivity contribution in [3.63, 3.8) is 0 Å². The van der Waals surface area contributed by atoms with Crippen molar-refractivity contribution < 1.29 is 23.8 Å². The molecule has 0 amide bonds. The van der Waals surface area contributed by atoms with E-state index in [1.54, 1.807) is 18.5 Å². The Labute approximate surface area is 213 Å². The maximum Gasteiger partial charge on any atom is 0.338 e. The number of aromatic nitrogens is 2. The molecule has 2 N–H and O–H groups in total. The van der Waals surface area contributed by atoms with Crippen molar-refractivity contribution >= 4 is 45.0 Å². The Morgan fingerprint density at radius 3 is 2.66 bits per heavy atom. The Kier molecular flexibility index (Phi) is 8.21. The number of amidine groups is 1. The van der Waals surface area contributed by atoms with Gasteiger partial charge in [0.05, 0.1) is 18.7 Å². The summed E-state index contributed by atoms with van der Waals surface area (Å²) in [6.07, 6.45) is 0. The number of hydrogen-bond acceptors (Lipinski definition) is 10. The molecule has 13 heteroatoms. The fraction of sp³-hybridized carbons (Fsp3) is 0.409. The molecule has 0 bridgehead atoms. The van der Waals surface area contributed by atoms with Gasteiger partial charge < -0.3 is 15.2 Å². The molecule has 1 saturated heterocycles. The lowest BCUT2D eigenvalue weighted by atomic mass is 9.95. The molecular weight excluding hydrogens is 543 g/mol. The molecule has 0 aliphatic carbocycles. The summed E-state index contributed by atoms with van der Waals surface area (Å²) in [5, 5.41) is 20.9. The highest BCUT2D eigenvalue weighted by Gasteiger charge is 2.35. The van der Waals surface area contributed by atoms with Crippen molar-refractivity contribution in [2.24, 2.45) is 4.99 Å². The van der Waals surface area contributed by atoms with Gasteiger partial charge in [0.25, 0.3) is 0 Å². The summed E-state index contributed by atoms with van der Waals surface area (Å²) in [5.74, 6) is -1.32. The fourth-order valence-corrected chi connectivity index (χ4v) is 5.09. The van der Waals surface area contributed by atoms with Crippen LogP contribution in [0.3, 0.4) is 0 Å². The van der Waals surface area contributed by atoms with Crippen LogP contribution in [-0.4, -0.2) is 88.8 Å². The number of nitrogens with one attached hydrogen (secondary N) is 1. The lowest BCUT2D eigenvalue weighted by molar-refractivity contribution is -0.140. The van der Waals surface area contributed by atoms with E-state index < -0.39 is 23.8 Å². The first-order valence-corrected chi connectivity index (χ1v) is 12.7. The Balaban J connectivity index is 1.70. The molecule has 2 aromatic rings. The van der Waals surface area contributed by atoms with Gasteiger partial charge in [0, 0.05) is 42.9 Å². The first-order valence-electron chi connectivity index (χ1n) is 11.0. The zero-order valence-corrected chi connectivity index (χ0v) is 21.3. The number of aliphatic imine (C=N–C) groups is 1. The van der Waals surface area contributed by atoms with Crippen LogP contribution in [0.25, 0.3) is 0 Å². The van der Waals surface area contributed by atoms with Crippen LogP contribution in [0.5, 0.6) is 0 Å². The number of carboxylic acids is 1. The Bertz CT molecular complexity index is 1150. The van der Waals surface area contributed by atoms with Gasteiger partial charge in [-0.3, -0.25) is 19.6 Å². The number of benzene rings is 1. The molecular formula is C22H24BrFN6O4S. The smallest absolute Gasteiger partial charge is 0.338 e. The van der Waals surface area contributed by atoms with Gasteiger partial charge in [-0.25, -0.2) is 9.18 Å². The largest absolute Gasteiger partial charge is 0.480 e. The zero-order chi connectivity index (χ0) is 24.9. The lowest BCUT2D eigenvalue weighted by Gasteiger charge is -2.36. The number of nitrogens with zero attached hydrogens (tertiary/aromatic N) is 5. The summed E-state index contributed by atoms with van der Waals surface area (Å²) >= 11 is 4.72. The van der Waals surface area contributed by atoms with Crippen LogP contribution in [0.4, 0.5) is 4.39 Å². The number of carbonyl (C=O) groups excluding carboxylic acids is 1. The zero-order valence-electron chi connectivity index (χ0n) is 18.9. The molecule has 0 spiro atoms. The first-order chi connectivity index (χ1) is 16.9. The van der Waals surface area contributed by atoms with Gasteiger partial charge in [0.1, 0.15) is 17.4 Å². The second-order valence-electron chi connectivity index (χ2n) is 7.97. The number of rotatable bonds is 8. The van der Waals surface area contributed by atoms with Gasteiger partial charge in [0.2, 0.25) is 0 Å². The van der Waals surface area contributed by atoms with Crippen LogP contribution in [-0.2, 0) is 14.3 Å². The average Bonchev–Trinajstić information content (AvgIpc) is 3.35. The minimum atomic E-state index is -0.856. The Morgan fingerprint density at radius 2 is 2.03 bits per heavy atom. The predicted octanol–water partition coefficient (Wildman–Crippen LogP) is 2.05. The molecule has 10 nitrogen and oxygen atoms in total. The fourth-order valence-electron chi connectivity index (χ4n) is 4.02. The Morgan fingerprint density at radius 1 is 1.29 bits per heavy atom. The molecule has 1 aromatic heterocycles. The van der Waals surface area contributed by atoms with Gasteiger partial charge in [0.15, 0.2) is 10.8 Å². The molecule has 4 rings (SSSR count). The standard InChI is InChI=1S/C22H24BrFN6O4S/c1-2-34-22(33)18-16(10-29-5-7-30(8-6-29)11-17(31)32)26-20(21-28-25-12-35-21)27-19(18)14-4-3-13(24)9-15(14)23/h3-4,9,12,19H,2,5-8,10-11H2,1H3,(H,26,27)(H,31,32). The minimum Gasteiger partial charge on any atom is -0.480 e. The molecule has 186 valence electrons. The van der Waals surface area contributed by atoms with Crippen LogP contribution >= 0.6 is 27.3 Å². The van der Waals surface area contributed by atoms with E-state index in [1.807, 2.05) is 4.90 Å². The van der Waals surface area contributed by atoms with Crippen LogP contribution in [0.1, 0.15) is 23.5 Å². The summed E-state index contributed by atoms with van der Waals surface area (Å²) in [7, 11) is 0. The third-order valence-electron chi connectivity index (χ3n) is 5.65. The van der Waals surface area contributed by atoms with Crippen LogP contribution in [0.15, 0.2) is 44.4 Å². The lowest BCUT2D eigenvalue weighted by Crippen LogP contribution is -2.50. The maximum atomic E-state index is 13.8. The van der Waals surface area contributed by atoms with E-state index >= 15 is 0 Å². The van der Waals surface area contributed by atoms with E-state index in [0.29, 0.717) is 64.9 Å². The SMILES string of the molecule is CCOC(=O)C1=C(CN2CCN(CC(=O)O)CC2)NC(c2nncs2)=NC1c1ccc(F)cc1Br. The number of carboxylic acid groups (broad SMARTS) is 1. The van der Waals surface area contributed by atoms with E-state index in [0.717, 1.165) is 0 Å². The third-order valence-corrected chi connectivity index (χ3v) is 7.03. The molecule has 2 aliphatic heterocycles. The number of aliphatic carboxylic acids is 1. The molecule has 1 unspecified atom stereocenters. The van der Waals surface area contributed by atoms with Crippen LogP contribution in [0, 0.1) is 5.82 Å². The number of piperazine rings is 1. The number of ether oxygens (including phenoxy) is 1. The topological polar surface area (TPSA) is 120 Å². The normalized spacial score (nSPS) is 19.3. The summed E-state index contributed by atoms with van der Waals surface area (Å²) in [6.45, 7) is 4.76. The van der Waals surface area contributed by atoms with E-state index in [9.17, 15) is 14.0 Å². The molecule has 1 fully saturated rings. The van der Waals surface area contributed by atoms with Crippen LogP contribution < -0.4 is 5.32 Å². The van der Waals surface area contributed by atoms with Crippen molar-refractivity contribution in [2.45, 2.75) is 13.0 Å². The molecule has 1 atom stereocenters. The highest BCUT2D eigenvalue weighted by Crippen LogP contribution is 2.37. The first kappa shape index (κ1) is 25.4. The van der Waals surface area contributed by atoms with Gasteiger partial charge in [-0.05, 0) is 24.6 Å². The quantitative estimate of drug-likeness (QED) is 0.462. The van der Waals surface area contributed by atoms with Crippen LogP contribution in [0.2, 0.25) is 0 Å². The number of carbonyl (C=O) groups is 2. The minimum absolute atomic E-state index is 0.00260. The molecule has 2 aliphatic rings. The van der Waals surface area contributed by atoms with Crippen molar-refractivity contribution in [3.05, 3.63) is 55.8 Å². The van der Waals surface area contributed by atoms with Gasteiger partial charge >= 0.3 is 11.9 Å². The summed E-state index contributed by atoms with van der Waals surface area (Å²) in [6, 6.07) is 3.50.